The van der Waals surface area contributed by atoms with E-state index >= 15 is 0 Å². The van der Waals surface area contributed by atoms with Gasteiger partial charge >= 0.3 is 6.03 Å². The van der Waals surface area contributed by atoms with Crippen LogP contribution in [0.3, 0.4) is 0 Å². The fourth-order valence-corrected chi connectivity index (χ4v) is 2.59. The fraction of sp³-hybridized carbons (Fsp3) is 0.417. The number of nitrogens with one attached hydrogen (secondary N) is 1. The number of urea groups is 1. The Kier molecular flexibility index (Phi) is 3.66. The minimum atomic E-state index is -3.27. The van der Waals surface area contributed by atoms with E-state index in [1.54, 1.807) is 41.1 Å². The highest BCUT2D eigenvalue weighted by atomic mass is 32.2. The topological polar surface area (TPSA) is 69.7 Å². The Balaban J connectivity index is 2.16. The molecule has 1 fully saturated rings. The van der Waals surface area contributed by atoms with Gasteiger partial charge in [0.25, 0.3) is 0 Å². The lowest BCUT2D eigenvalue weighted by molar-refractivity contribution is 0.207. The van der Waals surface area contributed by atoms with E-state index in [1.165, 1.54) is 0 Å². The number of rotatable bonds is 3. The van der Waals surface area contributed by atoms with Gasteiger partial charge in [-0.1, -0.05) is 0 Å². The van der Waals surface area contributed by atoms with Crippen LogP contribution in [-0.4, -0.2) is 45.7 Å². The highest BCUT2D eigenvalue weighted by molar-refractivity contribution is 7.92. The largest absolute Gasteiger partial charge is 0.327 e. The SMILES string of the molecule is CN1CCCN(c2ccc(NS(C)(=O)=O)cc2)C1=O. The molecule has 6 nitrogen and oxygen atoms in total. The van der Waals surface area contributed by atoms with Gasteiger partial charge in [0.15, 0.2) is 0 Å². The third-order valence-electron chi connectivity index (χ3n) is 2.91. The normalized spacial score (nSPS) is 16.6. The summed E-state index contributed by atoms with van der Waals surface area (Å²) in [7, 11) is -1.50. The second-order valence-electron chi connectivity index (χ2n) is 4.63. The monoisotopic (exact) mass is 283 g/mol. The molecule has 1 aliphatic heterocycles. The molecule has 1 aromatic rings. The highest BCUT2D eigenvalue weighted by Crippen LogP contribution is 2.21. The van der Waals surface area contributed by atoms with E-state index in [0.717, 1.165) is 24.9 Å². The van der Waals surface area contributed by atoms with Crippen molar-refractivity contribution in [2.75, 3.05) is 36.0 Å². The van der Waals surface area contributed by atoms with Crippen LogP contribution in [0.1, 0.15) is 6.42 Å². The van der Waals surface area contributed by atoms with E-state index in [1.807, 2.05) is 0 Å². The molecule has 0 atom stereocenters. The first-order valence-electron chi connectivity index (χ1n) is 5.97. The molecule has 7 heteroatoms. The lowest BCUT2D eigenvalue weighted by Crippen LogP contribution is -2.47. The van der Waals surface area contributed by atoms with Gasteiger partial charge in [0.1, 0.15) is 0 Å². The van der Waals surface area contributed by atoms with Gasteiger partial charge in [-0.3, -0.25) is 9.62 Å². The van der Waals surface area contributed by atoms with E-state index in [-0.39, 0.29) is 6.03 Å². The second kappa shape index (κ2) is 5.08. The number of amides is 2. The van der Waals surface area contributed by atoms with Crippen LogP contribution in [0.2, 0.25) is 0 Å². The van der Waals surface area contributed by atoms with Crippen molar-refractivity contribution in [2.45, 2.75) is 6.42 Å². The molecular formula is C12H17N3O3S. The number of benzene rings is 1. The molecule has 1 heterocycles. The first-order chi connectivity index (χ1) is 8.87. The Bertz CT molecular complexity index is 568. The van der Waals surface area contributed by atoms with E-state index in [4.69, 9.17) is 0 Å². The van der Waals surface area contributed by atoms with Crippen LogP contribution in [0, 0.1) is 0 Å². The smallest absolute Gasteiger partial charge is 0.324 e. The number of nitrogens with zero attached hydrogens (tertiary/aromatic N) is 2. The minimum Gasteiger partial charge on any atom is -0.327 e. The molecule has 0 bridgehead atoms. The first kappa shape index (κ1) is 13.7. The van der Waals surface area contributed by atoms with Gasteiger partial charge in [-0.25, -0.2) is 13.2 Å². The minimum absolute atomic E-state index is 0.0323. The fourth-order valence-electron chi connectivity index (χ4n) is 2.03. The summed E-state index contributed by atoms with van der Waals surface area (Å²) < 4.78 is 24.6. The van der Waals surface area contributed by atoms with Gasteiger partial charge in [0.05, 0.1) is 6.26 Å². The molecule has 0 spiro atoms. The van der Waals surface area contributed by atoms with E-state index < -0.39 is 10.0 Å². The van der Waals surface area contributed by atoms with Crippen LogP contribution in [0.5, 0.6) is 0 Å². The van der Waals surface area contributed by atoms with Crippen molar-refractivity contribution in [3.8, 4) is 0 Å². The van der Waals surface area contributed by atoms with Gasteiger partial charge < -0.3 is 4.90 Å². The van der Waals surface area contributed by atoms with Crippen molar-refractivity contribution in [1.29, 1.82) is 0 Å². The van der Waals surface area contributed by atoms with Crippen LogP contribution in [0.25, 0.3) is 0 Å². The molecule has 0 aliphatic carbocycles. The molecule has 1 aliphatic rings. The number of anilines is 2. The molecule has 104 valence electrons. The Hall–Kier alpha value is -1.76. The molecule has 1 N–H and O–H groups in total. The summed E-state index contributed by atoms with van der Waals surface area (Å²) in [6.07, 6.45) is 2.02. The van der Waals surface area contributed by atoms with Crippen molar-refractivity contribution in [3.63, 3.8) is 0 Å². The zero-order valence-corrected chi connectivity index (χ0v) is 11.8. The Morgan fingerprint density at radius 1 is 1.16 bits per heavy atom. The third-order valence-corrected chi connectivity index (χ3v) is 3.52. The zero-order valence-electron chi connectivity index (χ0n) is 11.0. The lowest BCUT2D eigenvalue weighted by atomic mass is 10.2. The number of sulfonamides is 1. The Morgan fingerprint density at radius 2 is 1.79 bits per heavy atom. The summed E-state index contributed by atoms with van der Waals surface area (Å²) in [4.78, 5) is 15.3. The van der Waals surface area contributed by atoms with Gasteiger partial charge in [0, 0.05) is 31.5 Å². The van der Waals surface area contributed by atoms with Gasteiger partial charge in [-0.15, -0.1) is 0 Å². The zero-order chi connectivity index (χ0) is 14.0. The molecule has 2 rings (SSSR count). The molecule has 0 saturated carbocycles. The quantitative estimate of drug-likeness (QED) is 0.909. The maximum absolute atomic E-state index is 12.0. The number of carbonyl (C=O) groups excluding carboxylic acids is 1. The van der Waals surface area contributed by atoms with Crippen LogP contribution >= 0.6 is 0 Å². The van der Waals surface area contributed by atoms with Crippen LogP contribution in [-0.2, 0) is 10.0 Å². The summed E-state index contributed by atoms with van der Waals surface area (Å²) in [6.45, 7) is 1.45. The van der Waals surface area contributed by atoms with Gasteiger partial charge in [-0.05, 0) is 30.7 Å². The number of hydrogen-bond acceptors (Lipinski definition) is 3. The maximum atomic E-state index is 12.0. The van der Waals surface area contributed by atoms with Crippen molar-refractivity contribution in [3.05, 3.63) is 24.3 Å². The standard InChI is InChI=1S/C12H17N3O3S/c1-14-8-3-9-15(12(14)16)11-6-4-10(5-7-11)13-19(2,17)18/h4-7,13H,3,8-9H2,1-2H3. The number of carbonyl (C=O) groups is 1. The summed E-state index contributed by atoms with van der Waals surface area (Å²) in [5.74, 6) is 0. The van der Waals surface area contributed by atoms with Crippen LogP contribution < -0.4 is 9.62 Å². The Morgan fingerprint density at radius 3 is 2.37 bits per heavy atom. The summed E-state index contributed by atoms with van der Waals surface area (Å²) in [5, 5.41) is 0. The molecule has 0 radical (unpaired) electrons. The van der Waals surface area contributed by atoms with E-state index in [2.05, 4.69) is 4.72 Å². The average Bonchev–Trinajstić information content (AvgIpc) is 2.32. The van der Waals surface area contributed by atoms with Gasteiger partial charge in [-0.2, -0.15) is 0 Å². The first-order valence-corrected chi connectivity index (χ1v) is 7.86. The Labute approximate surface area is 113 Å². The summed E-state index contributed by atoms with van der Waals surface area (Å²) in [6, 6.07) is 6.75. The predicted octanol–water partition coefficient (Wildman–Crippen LogP) is 1.32. The van der Waals surface area contributed by atoms with Crippen molar-refractivity contribution in [1.82, 2.24) is 4.90 Å². The third kappa shape index (κ3) is 3.37. The number of hydrogen-bond donors (Lipinski definition) is 1. The van der Waals surface area contributed by atoms with E-state index in [9.17, 15) is 13.2 Å². The molecule has 2 amide bonds. The highest BCUT2D eigenvalue weighted by Gasteiger charge is 2.23. The van der Waals surface area contributed by atoms with E-state index in [0.29, 0.717) is 12.2 Å². The van der Waals surface area contributed by atoms with Crippen molar-refractivity contribution in [2.24, 2.45) is 0 Å². The molecule has 0 aromatic heterocycles. The van der Waals surface area contributed by atoms with Crippen molar-refractivity contribution >= 4 is 27.4 Å². The van der Waals surface area contributed by atoms with Gasteiger partial charge in [0.2, 0.25) is 10.0 Å². The molecule has 0 unspecified atom stereocenters. The molecule has 1 saturated heterocycles. The van der Waals surface area contributed by atoms with Crippen molar-refractivity contribution < 1.29 is 13.2 Å². The molecule has 19 heavy (non-hydrogen) atoms. The predicted molar refractivity (Wildman–Crippen MR) is 74.9 cm³/mol. The lowest BCUT2D eigenvalue weighted by Gasteiger charge is -2.33. The van der Waals surface area contributed by atoms with Crippen LogP contribution in [0.15, 0.2) is 24.3 Å². The summed E-state index contributed by atoms with van der Waals surface area (Å²) in [5.41, 5.74) is 1.26. The average molecular weight is 283 g/mol. The molecule has 1 aromatic carbocycles. The maximum Gasteiger partial charge on any atom is 0.324 e. The summed E-state index contributed by atoms with van der Waals surface area (Å²) >= 11 is 0. The second-order valence-corrected chi connectivity index (χ2v) is 6.38. The van der Waals surface area contributed by atoms with Crippen LogP contribution in [0.4, 0.5) is 16.2 Å². The molecular weight excluding hydrogens is 266 g/mol.